The number of benzene rings is 1. The molecule has 8 heteroatoms. The number of rotatable bonds is 4. The SMILES string of the molecule is Nc1[nH]ncc1CNc1ccc([N+](=O)[O-])cc1I. The Morgan fingerprint density at radius 3 is 2.89 bits per heavy atom. The van der Waals surface area contributed by atoms with Crippen LogP contribution in [-0.2, 0) is 6.54 Å². The van der Waals surface area contributed by atoms with E-state index in [1.165, 1.54) is 12.1 Å². The number of aromatic amines is 1. The van der Waals surface area contributed by atoms with Gasteiger partial charge in [-0.2, -0.15) is 5.10 Å². The van der Waals surface area contributed by atoms with Crippen LogP contribution < -0.4 is 11.1 Å². The summed E-state index contributed by atoms with van der Waals surface area (Å²) in [6.45, 7) is 0.510. The van der Waals surface area contributed by atoms with Crippen LogP contribution in [0.3, 0.4) is 0 Å². The Balaban J connectivity index is 2.11. The third-order valence-electron chi connectivity index (χ3n) is 2.38. The zero-order valence-electron chi connectivity index (χ0n) is 9.18. The highest BCUT2D eigenvalue weighted by atomic mass is 127. The van der Waals surface area contributed by atoms with Crippen molar-refractivity contribution in [2.24, 2.45) is 0 Å². The first-order valence-corrected chi connectivity index (χ1v) is 6.11. The molecule has 1 aromatic heterocycles. The second kappa shape index (κ2) is 5.21. The monoisotopic (exact) mass is 359 g/mol. The van der Waals surface area contributed by atoms with Crippen LogP contribution in [-0.4, -0.2) is 15.1 Å². The van der Waals surface area contributed by atoms with Crippen molar-refractivity contribution in [2.75, 3.05) is 11.1 Å². The third kappa shape index (κ3) is 2.70. The first kappa shape index (κ1) is 12.6. The number of H-pyrrole nitrogens is 1. The number of hydrogen-bond donors (Lipinski definition) is 3. The molecule has 0 fully saturated rings. The van der Waals surface area contributed by atoms with E-state index in [0.29, 0.717) is 12.4 Å². The molecule has 1 aromatic carbocycles. The normalized spacial score (nSPS) is 10.3. The number of anilines is 2. The molecule has 2 aromatic rings. The van der Waals surface area contributed by atoms with E-state index >= 15 is 0 Å². The molecular weight excluding hydrogens is 349 g/mol. The fraction of sp³-hybridized carbons (Fsp3) is 0.100. The first-order chi connectivity index (χ1) is 8.58. The smallest absolute Gasteiger partial charge is 0.270 e. The maximum atomic E-state index is 10.6. The molecule has 0 radical (unpaired) electrons. The minimum atomic E-state index is -0.417. The molecule has 0 aliphatic heterocycles. The van der Waals surface area contributed by atoms with Gasteiger partial charge in [0, 0.05) is 33.5 Å². The van der Waals surface area contributed by atoms with Crippen LogP contribution in [0.25, 0.3) is 0 Å². The lowest BCUT2D eigenvalue weighted by atomic mass is 10.2. The van der Waals surface area contributed by atoms with Crippen LogP contribution in [0.5, 0.6) is 0 Å². The number of halogens is 1. The number of nitro benzene ring substituents is 1. The molecule has 0 unspecified atom stereocenters. The molecule has 0 aliphatic carbocycles. The molecule has 94 valence electrons. The summed E-state index contributed by atoms with van der Waals surface area (Å²) in [7, 11) is 0. The average Bonchev–Trinajstić information content (AvgIpc) is 2.73. The second-order valence-electron chi connectivity index (χ2n) is 3.58. The van der Waals surface area contributed by atoms with Crippen molar-refractivity contribution in [1.29, 1.82) is 0 Å². The summed E-state index contributed by atoms with van der Waals surface area (Å²) in [5.41, 5.74) is 7.41. The number of hydrogen-bond acceptors (Lipinski definition) is 5. The summed E-state index contributed by atoms with van der Waals surface area (Å²) in [4.78, 5) is 10.2. The van der Waals surface area contributed by atoms with Crippen LogP contribution in [0.1, 0.15) is 5.56 Å². The Hall–Kier alpha value is -1.84. The lowest BCUT2D eigenvalue weighted by molar-refractivity contribution is -0.384. The van der Waals surface area contributed by atoms with Crippen LogP contribution in [0.15, 0.2) is 24.4 Å². The quantitative estimate of drug-likeness (QED) is 0.440. The highest BCUT2D eigenvalue weighted by molar-refractivity contribution is 14.1. The number of aromatic nitrogens is 2. The van der Waals surface area contributed by atoms with Gasteiger partial charge < -0.3 is 11.1 Å². The maximum absolute atomic E-state index is 10.6. The van der Waals surface area contributed by atoms with E-state index in [2.05, 4.69) is 15.5 Å². The van der Waals surface area contributed by atoms with Gasteiger partial charge in [-0.25, -0.2) is 0 Å². The molecule has 18 heavy (non-hydrogen) atoms. The predicted octanol–water partition coefficient (Wildman–Crippen LogP) is 2.12. The van der Waals surface area contributed by atoms with Gasteiger partial charge in [0.15, 0.2) is 0 Å². The Morgan fingerprint density at radius 2 is 2.33 bits per heavy atom. The second-order valence-corrected chi connectivity index (χ2v) is 4.75. The van der Waals surface area contributed by atoms with E-state index in [9.17, 15) is 10.1 Å². The standard InChI is InChI=1S/C10H10IN5O2/c11-8-3-7(16(17)18)1-2-9(8)13-4-6-5-14-15-10(6)12/h1-3,5,13H,4H2,(H3,12,14,15). The molecule has 0 bridgehead atoms. The van der Waals surface area contributed by atoms with Crippen molar-refractivity contribution in [3.63, 3.8) is 0 Å². The summed E-state index contributed by atoms with van der Waals surface area (Å²) in [6.07, 6.45) is 1.64. The highest BCUT2D eigenvalue weighted by Gasteiger charge is 2.09. The Labute approximate surface area is 116 Å². The van der Waals surface area contributed by atoms with Gasteiger partial charge in [0.25, 0.3) is 5.69 Å². The van der Waals surface area contributed by atoms with Crippen LogP contribution in [0.4, 0.5) is 17.2 Å². The molecular formula is C10H10IN5O2. The summed E-state index contributed by atoms with van der Waals surface area (Å²) < 4.78 is 0.781. The molecule has 0 saturated heterocycles. The summed E-state index contributed by atoms with van der Waals surface area (Å²) in [6, 6.07) is 4.65. The van der Waals surface area contributed by atoms with Gasteiger partial charge in [-0.05, 0) is 28.7 Å². The minimum absolute atomic E-state index is 0.0766. The van der Waals surface area contributed by atoms with Crippen molar-refractivity contribution in [3.05, 3.63) is 43.6 Å². The number of nitrogen functional groups attached to an aromatic ring is 1. The molecule has 0 aliphatic rings. The number of nitrogens with zero attached hydrogens (tertiary/aromatic N) is 2. The van der Waals surface area contributed by atoms with Gasteiger partial charge in [-0.15, -0.1) is 0 Å². The topological polar surface area (TPSA) is 110 Å². The van der Waals surface area contributed by atoms with Crippen molar-refractivity contribution < 1.29 is 4.92 Å². The molecule has 0 spiro atoms. The summed E-state index contributed by atoms with van der Waals surface area (Å²) >= 11 is 2.05. The zero-order chi connectivity index (χ0) is 13.1. The van der Waals surface area contributed by atoms with E-state index in [-0.39, 0.29) is 5.69 Å². The highest BCUT2D eigenvalue weighted by Crippen LogP contribution is 2.24. The summed E-state index contributed by atoms with van der Waals surface area (Å²) in [5.74, 6) is 0.513. The Morgan fingerprint density at radius 1 is 1.56 bits per heavy atom. The lowest BCUT2D eigenvalue weighted by Gasteiger charge is -2.07. The van der Waals surface area contributed by atoms with Crippen molar-refractivity contribution >= 4 is 39.8 Å². The summed E-state index contributed by atoms with van der Waals surface area (Å²) in [5, 5.41) is 20.2. The number of nitrogens with one attached hydrogen (secondary N) is 2. The number of non-ortho nitro benzene ring substituents is 1. The maximum Gasteiger partial charge on any atom is 0.270 e. The molecule has 0 saturated carbocycles. The Kier molecular flexibility index (Phi) is 3.65. The van der Waals surface area contributed by atoms with E-state index in [1.807, 2.05) is 22.6 Å². The van der Waals surface area contributed by atoms with Gasteiger partial charge in [-0.3, -0.25) is 15.2 Å². The van der Waals surface area contributed by atoms with E-state index in [1.54, 1.807) is 12.3 Å². The zero-order valence-corrected chi connectivity index (χ0v) is 11.3. The van der Waals surface area contributed by atoms with E-state index in [0.717, 1.165) is 14.8 Å². The fourth-order valence-corrected chi connectivity index (χ4v) is 2.10. The van der Waals surface area contributed by atoms with Gasteiger partial charge in [0.1, 0.15) is 5.82 Å². The van der Waals surface area contributed by atoms with E-state index in [4.69, 9.17) is 5.73 Å². The van der Waals surface area contributed by atoms with Gasteiger partial charge in [0.05, 0.1) is 11.1 Å². The van der Waals surface area contributed by atoms with Crippen molar-refractivity contribution in [2.45, 2.75) is 6.54 Å². The molecule has 2 rings (SSSR count). The molecule has 0 atom stereocenters. The molecule has 4 N–H and O–H groups in total. The fourth-order valence-electron chi connectivity index (χ4n) is 1.41. The molecule has 1 heterocycles. The first-order valence-electron chi connectivity index (χ1n) is 5.03. The minimum Gasteiger partial charge on any atom is -0.384 e. The molecule has 7 nitrogen and oxygen atoms in total. The van der Waals surface area contributed by atoms with Gasteiger partial charge in [-0.1, -0.05) is 0 Å². The molecule has 0 amide bonds. The van der Waals surface area contributed by atoms with Gasteiger partial charge in [0.2, 0.25) is 0 Å². The van der Waals surface area contributed by atoms with E-state index < -0.39 is 4.92 Å². The predicted molar refractivity (Wildman–Crippen MR) is 76.1 cm³/mol. The number of nitro groups is 1. The van der Waals surface area contributed by atoms with Crippen LogP contribution >= 0.6 is 22.6 Å². The largest absolute Gasteiger partial charge is 0.384 e. The van der Waals surface area contributed by atoms with Crippen molar-refractivity contribution in [3.8, 4) is 0 Å². The number of nitrogens with two attached hydrogens (primary N) is 1. The van der Waals surface area contributed by atoms with Crippen LogP contribution in [0.2, 0.25) is 0 Å². The van der Waals surface area contributed by atoms with Gasteiger partial charge >= 0.3 is 0 Å². The Bertz CT molecular complexity index is 583. The van der Waals surface area contributed by atoms with Crippen molar-refractivity contribution in [1.82, 2.24) is 10.2 Å². The lowest BCUT2D eigenvalue weighted by Crippen LogP contribution is -2.03. The third-order valence-corrected chi connectivity index (χ3v) is 3.28. The van der Waals surface area contributed by atoms with Crippen LogP contribution in [0, 0.1) is 13.7 Å². The average molecular weight is 359 g/mol.